The molecule has 13 heteroatoms. The van der Waals surface area contributed by atoms with Gasteiger partial charge in [0.05, 0.1) is 30.3 Å². The second-order valence-electron chi connectivity index (χ2n) is 9.06. The average Bonchev–Trinajstić information content (AvgIpc) is 3.55. The van der Waals surface area contributed by atoms with Gasteiger partial charge < -0.3 is 39.7 Å². The highest BCUT2D eigenvalue weighted by atomic mass is 16.5. The number of morpholine rings is 1. The molecule has 4 N–H and O–H groups in total. The van der Waals surface area contributed by atoms with E-state index < -0.39 is 11.8 Å². The van der Waals surface area contributed by atoms with Crippen LogP contribution in [0, 0.1) is 0 Å². The van der Waals surface area contributed by atoms with Gasteiger partial charge in [-0.15, -0.1) is 0 Å². The van der Waals surface area contributed by atoms with Crippen LogP contribution in [0.4, 0.5) is 17.1 Å². The van der Waals surface area contributed by atoms with Crippen LogP contribution < -0.4 is 21.3 Å². The van der Waals surface area contributed by atoms with Gasteiger partial charge in [-0.2, -0.15) is 0 Å². The highest BCUT2D eigenvalue weighted by Crippen LogP contribution is 2.19. The van der Waals surface area contributed by atoms with Crippen LogP contribution in [0.3, 0.4) is 0 Å². The molecule has 3 aromatic rings. The predicted molar refractivity (Wildman–Crippen MR) is 141 cm³/mol. The Kier molecular flexibility index (Phi) is 8.28. The summed E-state index contributed by atoms with van der Waals surface area (Å²) in [6.45, 7) is 4.38. The number of nitrogens with one attached hydrogen (secondary N) is 4. The zero-order valence-electron chi connectivity index (χ0n) is 21.6. The van der Waals surface area contributed by atoms with Crippen LogP contribution in [0.25, 0.3) is 0 Å². The van der Waals surface area contributed by atoms with Crippen LogP contribution in [0.2, 0.25) is 0 Å². The van der Waals surface area contributed by atoms with Gasteiger partial charge in [0.15, 0.2) is 0 Å². The second-order valence-corrected chi connectivity index (χ2v) is 9.06. The number of nitrogens with zero attached hydrogens (tertiary/aromatic N) is 4. The number of carbonyl (C=O) groups is 4. The molecular weight excluding hydrogens is 492 g/mol. The first-order valence-electron chi connectivity index (χ1n) is 12.2. The Bertz CT molecular complexity index is 1330. The molecule has 0 atom stereocenters. The Morgan fingerprint density at radius 3 is 1.79 bits per heavy atom. The lowest BCUT2D eigenvalue weighted by molar-refractivity contribution is -0.105. The third-order valence-electron chi connectivity index (χ3n) is 6.27. The number of ether oxygens (including phenoxy) is 1. The van der Waals surface area contributed by atoms with E-state index in [2.05, 4.69) is 26.2 Å². The van der Waals surface area contributed by atoms with Gasteiger partial charge in [0.2, 0.25) is 6.41 Å². The summed E-state index contributed by atoms with van der Waals surface area (Å²) in [4.78, 5) is 51.2. The summed E-state index contributed by atoms with van der Waals surface area (Å²) in [5.41, 5.74) is 2.48. The van der Waals surface area contributed by atoms with Crippen LogP contribution in [0.15, 0.2) is 36.8 Å². The van der Waals surface area contributed by atoms with Gasteiger partial charge in [0.25, 0.3) is 17.7 Å². The van der Waals surface area contributed by atoms with E-state index in [1.54, 1.807) is 71.6 Å². The van der Waals surface area contributed by atoms with Crippen LogP contribution in [0.1, 0.15) is 31.5 Å². The van der Waals surface area contributed by atoms with Crippen LogP contribution >= 0.6 is 0 Å². The standard InChI is InChI=1S/C25H32N8O5/c1-30-13-17(27-16-34)10-21(30)24(36)29-19-12-22(32(3)15-19)25(37)28-18-11-20(31(2)14-18)23(35)26-4-5-33-6-8-38-9-7-33/h10-16H,4-9H2,1-3H3,(H,26,35)(H,27,34)(H,28,37)(H,29,36). The van der Waals surface area contributed by atoms with Crippen molar-refractivity contribution in [1.29, 1.82) is 0 Å². The van der Waals surface area contributed by atoms with Crippen molar-refractivity contribution in [2.75, 3.05) is 55.3 Å². The van der Waals surface area contributed by atoms with E-state index >= 15 is 0 Å². The normalized spacial score (nSPS) is 13.7. The van der Waals surface area contributed by atoms with Gasteiger partial charge in [0.1, 0.15) is 17.1 Å². The Balaban J connectivity index is 1.35. The van der Waals surface area contributed by atoms with Crippen LogP contribution in [-0.4, -0.2) is 82.1 Å². The Hall–Kier alpha value is -4.36. The van der Waals surface area contributed by atoms with E-state index in [1.807, 2.05) is 0 Å². The van der Waals surface area contributed by atoms with Gasteiger partial charge in [-0.1, -0.05) is 0 Å². The molecule has 1 aliphatic heterocycles. The van der Waals surface area contributed by atoms with Crippen molar-refractivity contribution >= 4 is 41.2 Å². The summed E-state index contributed by atoms with van der Waals surface area (Å²) in [6, 6.07) is 4.73. The number of anilines is 3. The molecule has 4 rings (SSSR count). The van der Waals surface area contributed by atoms with Crippen molar-refractivity contribution in [3.8, 4) is 0 Å². The van der Waals surface area contributed by atoms with E-state index in [1.165, 1.54) is 0 Å². The first-order chi connectivity index (χ1) is 18.2. The summed E-state index contributed by atoms with van der Waals surface area (Å²) in [7, 11) is 5.12. The maximum absolute atomic E-state index is 13.0. The summed E-state index contributed by atoms with van der Waals surface area (Å²) in [5, 5.41) is 11.0. The molecule has 0 aromatic carbocycles. The first-order valence-corrected chi connectivity index (χ1v) is 12.2. The first kappa shape index (κ1) is 26.7. The molecule has 13 nitrogen and oxygen atoms in total. The minimum absolute atomic E-state index is 0.225. The summed E-state index contributed by atoms with van der Waals surface area (Å²) < 4.78 is 10.2. The van der Waals surface area contributed by atoms with Crippen molar-refractivity contribution in [2.45, 2.75) is 0 Å². The molecule has 1 saturated heterocycles. The largest absolute Gasteiger partial charge is 0.379 e. The summed E-state index contributed by atoms with van der Waals surface area (Å²) in [5.74, 6) is -1.01. The zero-order chi connectivity index (χ0) is 27.2. The van der Waals surface area contributed by atoms with E-state index in [9.17, 15) is 19.2 Å². The number of carbonyl (C=O) groups excluding carboxylic acids is 4. The third kappa shape index (κ3) is 6.30. The number of hydrogen-bond acceptors (Lipinski definition) is 6. The molecule has 1 fully saturated rings. The maximum Gasteiger partial charge on any atom is 0.272 e. The second kappa shape index (κ2) is 11.8. The molecule has 1 aliphatic rings. The highest BCUT2D eigenvalue weighted by molar-refractivity contribution is 6.07. The topological polar surface area (TPSA) is 144 Å². The monoisotopic (exact) mass is 524 g/mol. The van der Waals surface area contributed by atoms with Crippen molar-refractivity contribution < 1.29 is 23.9 Å². The summed E-state index contributed by atoms with van der Waals surface area (Å²) in [6.07, 6.45) is 5.44. The van der Waals surface area contributed by atoms with Gasteiger partial charge in [-0.3, -0.25) is 24.1 Å². The van der Waals surface area contributed by atoms with Crippen molar-refractivity contribution in [3.05, 3.63) is 53.9 Å². The number of amides is 4. The Morgan fingerprint density at radius 1 is 0.789 bits per heavy atom. The summed E-state index contributed by atoms with van der Waals surface area (Å²) >= 11 is 0. The maximum atomic E-state index is 13.0. The fourth-order valence-corrected chi connectivity index (χ4v) is 4.29. The van der Waals surface area contributed by atoms with E-state index in [-0.39, 0.29) is 5.91 Å². The molecule has 0 aliphatic carbocycles. The molecule has 4 amide bonds. The number of rotatable bonds is 10. The minimum atomic E-state index is -0.394. The number of hydrogen-bond donors (Lipinski definition) is 4. The van der Waals surface area contributed by atoms with E-state index in [4.69, 9.17) is 4.74 Å². The lowest BCUT2D eigenvalue weighted by Gasteiger charge is -2.26. The van der Waals surface area contributed by atoms with E-state index in [0.717, 1.165) is 19.6 Å². The third-order valence-corrected chi connectivity index (χ3v) is 6.27. The highest BCUT2D eigenvalue weighted by Gasteiger charge is 2.19. The minimum Gasteiger partial charge on any atom is -0.379 e. The Morgan fingerprint density at radius 2 is 1.26 bits per heavy atom. The molecule has 38 heavy (non-hydrogen) atoms. The zero-order valence-corrected chi connectivity index (χ0v) is 21.6. The van der Waals surface area contributed by atoms with Gasteiger partial charge >= 0.3 is 0 Å². The van der Waals surface area contributed by atoms with Gasteiger partial charge in [-0.25, -0.2) is 0 Å². The smallest absolute Gasteiger partial charge is 0.272 e. The van der Waals surface area contributed by atoms with Gasteiger partial charge in [-0.05, 0) is 18.2 Å². The molecule has 0 unspecified atom stereocenters. The molecule has 0 spiro atoms. The molecule has 0 saturated carbocycles. The lowest BCUT2D eigenvalue weighted by Crippen LogP contribution is -2.41. The molecule has 0 bridgehead atoms. The fourth-order valence-electron chi connectivity index (χ4n) is 4.29. The molecular formula is C25H32N8O5. The van der Waals surface area contributed by atoms with Gasteiger partial charge in [0, 0.05) is 65.9 Å². The number of aryl methyl sites for hydroxylation is 3. The molecule has 4 heterocycles. The average molecular weight is 525 g/mol. The Labute approximate surface area is 219 Å². The molecule has 202 valence electrons. The quantitative estimate of drug-likeness (QED) is 0.290. The van der Waals surface area contributed by atoms with Crippen molar-refractivity contribution in [1.82, 2.24) is 23.9 Å². The SMILES string of the molecule is Cn1cc(NC(=O)c2cc(NC(=O)c3cc(NC=O)cn3C)cn2C)cc1C(=O)NCCN1CCOCC1. The molecule has 3 aromatic heterocycles. The fraction of sp³-hybridized carbons (Fsp3) is 0.360. The number of aromatic nitrogens is 3. The molecule has 0 radical (unpaired) electrons. The lowest BCUT2D eigenvalue weighted by atomic mass is 10.3. The van der Waals surface area contributed by atoms with Crippen LogP contribution in [-0.2, 0) is 30.7 Å². The predicted octanol–water partition coefficient (Wildman–Crippen LogP) is 0.837. The van der Waals surface area contributed by atoms with E-state index in [0.29, 0.717) is 60.3 Å². The van der Waals surface area contributed by atoms with Crippen LogP contribution in [0.5, 0.6) is 0 Å². The van der Waals surface area contributed by atoms with Crippen molar-refractivity contribution in [3.63, 3.8) is 0 Å². The van der Waals surface area contributed by atoms with Crippen molar-refractivity contribution in [2.24, 2.45) is 21.1 Å².